The van der Waals surface area contributed by atoms with Gasteiger partial charge in [0.1, 0.15) is 11.5 Å². The van der Waals surface area contributed by atoms with Gasteiger partial charge in [0, 0.05) is 16.1 Å². The van der Waals surface area contributed by atoms with Gasteiger partial charge in [-0.05, 0) is 37.5 Å². The molecule has 0 saturated heterocycles. The zero-order valence-corrected chi connectivity index (χ0v) is 16.7. The number of alkyl halides is 1. The Morgan fingerprint density at radius 3 is 2.42 bits per heavy atom. The lowest BCUT2D eigenvalue weighted by atomic mass is 10.0. The minimum atomic E-state index is 0.634. The molecule has 0 bridgehead atoms. The number of rotatable bonds is 10. The van der Waals surface area contributed by atoms with E-state index >= 15 is 0 Å². The molecule has 1 unspecified atom stereocenters. The number of aryl methyl sites for hydroxylation is 1. The fourth-order valence-electron chi connectivity index (χ4n) is 2.91. The summed E-state index contributed by atoms with van der Waals surface area (Å²) in [4.78, 5) is 0. The molecule has 0 radical (unpaired) electrons. The lowest BCUT2D eigenvalue weighted by Gasteiger charge is -2.18. The van der Waals surface area contributed by atoms with Crippen molar-refractivity contribution in [2.75, 3.05) is 18.5 Å². The number of benzene rings is 2. The third-order valence-corrected chi connectivity index (χ3v) is 4.77. The van der Waals surface area contributed by atoms with E-state index in [-0.39, 0.29) is 0 Å². The van der Waals surface area contributed by atoms with Gasteiger partial charge in [0.15, 0.2) is 0 Å². The highest BCUT2D eigenvalue weighted by Gasteiger charge is 2.11. The summed E-state index contributed by atoms with van der Waals surface area (Å²) in [5.41, 5.74) is 1.23. The van der Waals surface area contributed by atoms with Crippen LogP contribution in [-0.4, -0.2) is 18.5 Å². The monoisotopic (exact) mass is 392 g/mol. The van der Waals surface area contributed by atoms with Gasteiger partial charge in [0.25, 0.3) is 0 Å². The fourth-order valence-corrected chi connectivity index (χ4v) is 3.08. The van der Waals surface area contributed by atoms with Gasteiger partial charge in [-0.3, -0.25) is 0 Å². The van der Waals surface area contributed by atoms with E-state index in [9.17, 15) is 0 Å². The molecule has 1 atom stereocenters. The van der Waals surface area contributed by atoms with Gasteiger partial charge in [-0.1, -0.05) is 66.7 Å². The molecule has 0 saturated carbocycles. The Bertz CT molecular complexity index is 639. The van der Waals surface area contributed by atoms with Crippen molar-refractivity contribution >= 4 is 26.7 Å². The molecule has 3 heteroatoms. The van der Waals surface area contributed by atoms with E-state index in [1.54, 1.807) is 0 Å². The van der Waals surface area contributed by atoms with Crippen molar-refractivity contribution in [3.8, 4) is 11.5 Å². The number of unbranched alkanes of at least 4 members (excludes halogenated alkanes) is 1. The van der Waals surface area contributed by atoms with Crippen LogP contribution >= 0.6 is 15.9 Å². The molecule has 0 N–H and O–H groups in total. The van der Waals surface area contributed by atoms with Crippen molar-refractivity contribution in [1.29, 1.82) is 0 Å². The molecule has 0 spiro atoms. The Morgan fingerprint density at radius 1 is 1.00 bits per heavy atom. The van der Waals surface area contributed by atoms with Crippen molar-refractivity contribution in [3.63, 3.8) is 0 Å². The topological polar surface area (TPSA) is 18.5 Å². The van der Waals surface area contributed by atoms with Crippen molar-refractivity contribution in [2.45, 2.75) is 46.5 Å². The quantitative estimate of drug-likeness (QED) is 0.428. The highest BCUT2D eigenvalue weighted by Crippen LogP contribution is 2.34. The third kappa shape index (κ3) is 5.14. The van der Waals surface area contributed by atoms with Crippen LogP contribution in [0.4, 0.5) is 0 Å². The van der Waals surface area contributed by atoms with E-state index in [1.807, 2.05) is 12.1 Å². The molecule has 2 nitrogen and oxygen atoms in total. The average Bonchev–Trinajstić information content (AvgIpc) is 2.60. The van der Waals surface area contributed by atoms with Crippen LogP contribution in [0.2, 0.25) is 0 Å². The minimum absolute atomic E-state index is 0.634. The van der Waals surface area contributed by atoms with Crippen LogP contribution in [0.15, 0.2) is 30.3 Å². The van der Waals surface area contributed by atoms with Crippen LogP contribution in [0.3, 0.4) is 0 Å². The molecule has 2 aromatic rings. The van der Waals surface area contributed by atoms with Crippen molar-refractivity contribution in [2.24, 2.45) is 5.92 Å². The smallest absolute Gasteiger partial charge is 0.127 e. The summed E-state index contributed by atoms with van der Waals surface area (Å²) in [7, 11) is 0. The number of ether oxygens (including phenoxy) is 2. The van der Waals surface area contributed by atoms with Crippen molar-refractivity contribution in [1.82, 2.24) is 0 Å². The summed E-state index contributed by atoms with van der Waals surface area (Å²) in [5.74, 6) is 2.53. The summed E-state index contributed by atoms with van der Waals surface area (Å²) >= 11 is 3.42. The molecule has 0 aliphatic rings. The molecule has 2 rings (SSSR count). The second-order valence-electron chi connectivity index (χ2n) is 6.38. The number of hydrogen-bond donors (Lipinski definition) is 0. The van der Waals surface area contributed by atoms with Crippen LogP contribution in [0.25, 0.3) is 10.8 Å². The molecule has 24 heavy (non-hydrogen) atoms. The summed E-state index contributed by atoms with van der Waals surface area (Å²) in [5, 5.41) is 3.10. The fraction of sp³-hybridized carbons (Fsp3) is 0.524. The van der Waals surface area contributed by atoms with E-state index < -0.39 is 0 Å². The Kier molecular flexibility index (Phi) is 7.90. The molecule has 0 fully saturated rings. The molecule has 0 aromatic heterocycles. The molecular formula is C21H29BrO2. The first kappa shape index (κ1) is 19.1. The third-order valence-electron chi connectivity index (χ3n) is 4.44. The van der Waals surface area contributed by atoms with Gasteiger partial charge in [0.2, 0.25) is 0 Å². The maximum Gasteiger partial charge on any atom is 0.127 e. The molecule has 0 heterocycles. The Morgan fingerprint density at radius 2 is 1.75 bits per heavy atom. The molecular weight excluding hydrogens is 364 g/mol. The van der Waals surface area contributed by atoms with Gasteiger partial charge in [-0.2, -0.15) is 0 Å². The summed E-state index contributed by atoms with van der Waals surface area (Å²) in [6.45, 7) is 8.07. The molecule has 0 aliphatic heterocycles. The lowest BCUT2D eigenvalue weighted by molar-refractivity contribution is 0.235. The van der Waals surface area contributed by atoms with Crippen molar-refractivity contribution in [3.05, 3.63) is 35.9 Å². The Balaban J connectivity index is 2.21. The van der Waals surface area contributed by atoms with E-state index in [4.69, 9.17) is 9.47 Å². The summed E-state index contributed by atoms with van der Waals surface area (Å²) in [6, 6.07) is 10.5. The van der Waals surface area contributed by atoms with Gasteiger partial charge < -0.3 is 9.47 Å². The number of halogens is 1. The second-order valence-corrected chi connectivity index (χ2v) is 7.17. The van der Waals surface area contributed by atoms with Crippen molar-refractivity contribution < 1.29 is 9.47 Å². The van der Waals surface area contributed by atoms with E-state index in [1.165, 1.54) is 31.2 Å². The summed E-state index contributed by atoms with van der Waals surface area (Å²) in [6.07, 6.45) is 4.94. The average molecular weight is 393 g/mol. The van der Waals surface area contributed by atoms with Gasteiger partial charge in [-0.25, -0.2) is 0 Å². The van der Waals surface area contributed by atoms with Gasteiger partial charge in [0.05, 0.1) is 13.2 Å². The van der Waals surface area contributed by atoms with E-state index in [0.29, 0.717) is 12.5 Å². The Labute approximate surface area is 154 Å². The van der Waals surface area contributed by atoms with Crippen LogP contribution in [0, 0.1) is 12.8 Å². The van der Waals surface area contributed by atoms with Crippen LogP contribution in [0.1, 0.15) is 45.1 Å². The normalized spacial score (nSPS) is 12.3. The lowest BCUT2D eigenvalue weighted by Crippen LogP contribution is -2.11. The van der Waals surface area contributed by atoms with Crippen LogP contribution in [0.5, 0.6) is 11.5 Å². The number of fused-ring (bicyclic) bond motifs is 1. The molecule has 132 valence electrons. The summed E-state index contributed by atoms with van der Waals surface area (Å²) < 4.78 is 12.1. The van der Waals surface area contributed by atoms with E-state index in [2.05, 4.69) is 54.9 Å². The standard InChI is InChI=1S/C21H29BrO2/c1-4-6-7-17(5-2)15-24-20-10-11-21(23-13-12-22)19-14-16(3)8-9-18(19)20/h8-11,14,17H,4-7,12-13,15H2,1-3H3. The Hall–Kier alpha value is -1.22. The predicted molar refractivity (Wildman–Crippen MR) is 107 cm³/mol. The maximum absolute atomic E-state index is 6.20. The first-order valence-corrected chi connectivity index (χ1v) is 10.2. The minimum Gasteiger partial charge on any atom is -0.493 e. The zero-order valence-electron chi connectivity index (χ0n) is 15.1. The predicted octanol–water partition coefficient (Wildman–Crippen LogP) is 6.52. The SMILES string of the molecule is CCCCC(CC)COc1ccc(OCCBr)c2cc(C)ccc12. The second kappa shape index (κ2) is 9.93. The molecule has 2 aromatic carbocycles. The highest BCUT2D eigenvalue weighted by molar-refractivity contribution is 9.09. The van der Waals surface area contributed by atoms with Gasteiger partial charge >= 0.3 is 0 Å². The first-order valence-electron chi connectivity index (χ1n) is 9.04. The number of hydrogen-bond acceptors (Lipinski definition) is 2. The highest BCUT2D eigenvalue weighted by atomic mass is 79.9. The molecule has 0 amide bonds. The maximum atomic E-state index is 6.20. The van der Waals surface area contributed by atoms with E-state index in [0.717, 1.165) is 34.2 Å². The van der Waals surface area contributed by atoms with Crippen LogP contribution < -0.4 is 9.47 Å². The van der Waals surface area contributed by atoms with Crippen LogP contribution in [-0.2, 0) is 0 Å². The molecule has 0 aliphatic carbocycles. The zero-order chi connectivity index (χ0) is 17.4. The largest absolute Gasteiger partial charge is 0.493 e. The van der Waals surface area contributed by atoms with Gasteiger partial charge in [-0.15, -0.1) is 0 Å². The first-order chi connectivity index (χ1) is 11.7.